The largest absolute Gasteiger partial charge is 0.330 e. The molecule has 0 aromatic heterocycles. The van der Waals surface area contributed by atoms with E-state index < -0.39 is 10.0 Å². The molecule has 5 N–H and O–H groups in total. The van der Waals surface area contributed by atoms with Gasteiger partial charge in [0.05, 0.1) is 23.6 Å². The quantitative estimate of drug-likeness (QED) is 0.437. The van der Waals surface area contributed by atoms with E-state index in [1.165, 1.54) is 0 Å². The van der Waals surface area contributed by atoms with Crippen LogP contribution in [0.3, 0.4) is 0 Å². The highest BCUT2D eigenvalue weighted by Gasteiger charge is 2.42. The number of nitrogens with zero attached hydrogens (tertiary/aromatic N) is 1. The summed E-state index contributed by atoms with van der Waals surface area (Å²) >= 11 is 6.61. The second-order valence-electron chi connectivity index (χ2n) is 10.5. The van der Waals surface area contributed by atoms with Gasteiger partial charge in [0.1, 0.15) is 0 Å². The Kier molecular flexibility index (Phi) is 8.21. The molecule has 4 fully saturated rings. The third kappa shape index (κ3) is 5.76. The van der Waals surface area contributed by atoms with Crippen LogP contribution in [0.1, 0.15) is 64.7 Å². The molecular weight excluding hydrogens is 434 g/mol. The van der Waals surface area contributed by atoms with Crippen molar-refractivity contribution in [3.63, 3.8) is 0 Å². The van der Waals surface area contributed by atoms with Crippen molar-refractivity contribution >= 4 is 21.6 Å². The highest BCUT2D eigenvalue weighted by atomic mass is 35.5. The van der Waals surface area contributed by atoms with Gasteiger partial charge in [0.25, 0.3) is 0 Å². The molecule has 2 saturated heterocycles. The smallest absolute Gasteiger partial charge is 0.214 e. The molecule has 9 heteroatoms. The normalized spacial score (nSPS) is 41.5. The summed E-state index contributed by atoms with van der Waals surface area (Å²) in [5, 5.41) is 7.42. The lowest BCUT2D eigenvalue weighted by Crippen LogP contribution is -2.72. The van der Waals surface area contributed by atoms with Crippen molar-refractivity contribution in [2.24, 2.45) is 23.5 Å². The van der Waals surface area contributed by atoms with Crippen LogP contribution in [0, 0.1) is 17.8 Å². The Labute approximate surface area is 193 Å². The van der Waals surface area contributed by atoms with Gasteiger partial charge in [0, 0.05) is 25.0 Å². The predicted octanol–water partition coefficient (Wildman–Crippen LogP) is 1.78. The zero-order valence-electron chi connectivity index (χ0n) is 18.9. The third-order valence-corrected chi connectivity index (χ3v) is 10.8. The maximum absolute atomic E-state index is 13.2. The number of nitrogens with two attached hydrogens (primary N) is 1. The minimum atomic E-state index is -3.33. The number of likely N-dealkylation sites (tertiary alicyclic amines) is 1. The number of sulfonamides is 1. The third-order valence-electron chi connectivity index (χ3n) is 8.25. The molecule has 2 saturated carbocycles. The van der Waals surface area contributed by atoms with E-state index in [9.17, 15) is 8.42 Å². The highest BCUT2D eigenvalue weighted by molar-refractivity contribution is 7.90. The number of alkyl halides is 1. The lowest BCUT2D eigenvalue weighted by atomic mass is 9.80. The van der Waals surface area contributed by atoms with Crippen molar-refractivity contribution < 1.29 is 8.42 Å². The fraction of sp³-hybridized carbons (Fsp3) is 1.00. The van der Waals surface area contributed by atoms with Gasteiger partial charge in [-0.3, -0.25) is 15.5 Å². The fourth-order valence-corrected chi connectivity index (χ4v) is 8.22. The molecule has 2 heterocycles. The molecular formula is C22H42ClN5O2S. The molecule has 0 aromatic carbocycles. The average Bonchev–Trinajstić information content (AvgIpc) is 3.25. The van der Waals surface area contributed by atoms with E-state index >= 15 is 0 Å². The van der Waals surface area contributed by atoms with Gasteiger partial charge in [-0.15, -0.1) is 11.6 Å². The molecule has 7 atom stereocenters. The molecule has 0 radical (unpaired) electrons. The summed E-state index contributed by atoms with van der Waals surface area (Å²) in [5.41, 5.74) is 5.95. The Hall–Kier alpha value is 0.0400. The van der Waals surface area contributed by atoms with Crippen LogP contribution in [0.2, 0.25) is 0 Å². The topological polar surface area (TPSA) is 99.5 Å². The van der Waals surface area contributed by atoms with Crippen molar-refractivity contribution in [1.29, 1.82) is 0 Å². The van der Waals surface area contributed by atoms with Crippen molar-refractivity contribution in [2.75, 3.05) is 26.2 Å². The lowest BCUT2D eigenvalue weighted by molar-refractivity contribution is 0.0752. The molecule has 4 aliphatic rings. The van der Waals surface area contributed by atoms with Crippen LogP contribution in [0.5, 0.6) is 0 Å². The van der Waals surface area contributed by atoms with Crippen LogP contribution in [0.25, 0.3) is 0 Å². The number of rotatable bonds is 6. The van der Waals surface area contributed by atoms with Gasteiger partial charge in [0.2, 0.25) is 10.0 Å². The fourth-order valence-electron chi connectivity index (χ4n) is 6.08. The monoisotopic (exact) mass is 475 g/mol. The second kappa shape index (κ2) is 10.5. The van der Waals surface area contributed by atoms with Crippen LogP contribution >= 0.6 is 11.6 Å². The average molecular weight is 476 g/mol. The first-order chi connectivity index (χ1) is 14.9. The highest BCUT2D eigenvalue weighted by Crippen LogP contribution is 2.35. The van der Waals surface area contributed by atoms with Crippen LogP contribution in [0.4, 0.5) is 0 Å². The molecule has 0 aromatic rings. The molecule has 0 amide bonds. The predicted molar refractivity (Wildman–Crippen MR) is 126 cm³/mol. The maximum Gasteiger partial charge on any atom is 0.214 e. The van der Waals surface area contributed by atoms with E-state index in [2.05, 4.69) is 27.2 Å². The van der Waals surface area contributed by atoms with E-state index in [0.29, 0.717) is 30.8 Å². The van der Waals surface area contributed by atoms with Crippen molar-refractivity contribution in [2.45, 2.75) is 93.7 Å². The minimum Gasteiger partial charge on any atom is -0.330 e. The van der Waals surface area contributed by atoms with Gasteiger partial charge >= 0.3 is 0 Å². The van der Waals surface area contributed by atoms with E-state index in [-0.39, 0.29) is 29.0 Å². The van der Waals surface area contributed by atoms with Gasteiger partial charge in [-0.05, 0) is 62.8 Å². The molecule has 0 spiro atoms. The number of hydrogen-bond donors (Lipinski definition) is 4. The van der Waals surface area contributed by atoms with Gasteiger partial charge in [-0.2, -0.15) is 0 Å². The summed E-state index contributed by atoms with van der Waals surface area (Å²) in [6, 6.07) is -0.172. The Morgan fingerprint density at radius 1 is 1.13 bits per heavy atom. The summed E-state index contributed by atoms with van der Waals surface area (Å²) in [5.74, 6) is 1.54. The summed E-state index contributed by atoms with van der Waals surface area (Å²) in [6.45, 7) is 5.48. The minimum absolute atomic E-state index is 0.00529. The Morgan fingerprint density at radius 3 is 2.58 bits per heavy atom. The molecule has 7 unspecified atom stereocenters. The van der Waals surface area contributed by atoms with E-state index in [0.717, 1.165) is 70.9 Å². The molecule has 2 aliphatic carbocycles. The number of hydrogen-bond acceptors (Lipinski definition) is 6. The standard InChI is InChI=1S/C22H42ClN5O2S/c1-15-7-8-17(11-19(15)23)21-25-13-20(22(26-21)28-10-9-16(12-24)14-28)27-31(29,30)18-5-3-2-4-6-18/h15-22,25-27H,2-14,24H2,1H3. The molecule has 180 valence electrons. The first kappa shape index (κ1) is 24.2. The van der Waals surface area contributed by atoms with Gasteiger partial charge < -0.3 is 5.73 Å². The first-order valence-electron chi connectivity index (χ1n) is 12.5. The number of halogens is 1. The molecule has 7 nitrogen and oxygen atoms in total. The van der Waals surface area contributed by atoms with Crippen LogP contribution in [-0.4, -0.2) is 68.5 Å². The Bertz CT molecular complexity index is 689. The zero-order chi connectivity index (χ0) is 22.0. The molecule has 31 heavy (non-hydrogen) atoms. The first-order valence-corrected chi connectivity index (χ1v) is 14.4. The van der Waals surface area contributed by atoms with Gasteiger partial charge in [-0.25, -0.2) is 13.1 Å². The van der Waals surface area contributed by atoms with Gasteiger partial charge in [0.15, 0.2) is 0 Å². The number of nitrogens with one attached hydrogen (secondary N) is 3. The maximum atomic E-state index is 13.2. The van der Waals surface area contributed by atoms with Crippen LogP contribution < -0.4 is 21.1 Å². The van der Waals surface area contributed by atoms with Crippen molar-refractivity contribution in [1.82, 2.24) is 20.3 Å². The Morgan fingerprint density at radius 2 is 1.90 bits per heavy atom. The van der Waals surface area contributed by atoms with Crippen molar-refractivity contribution in [3.8, 4) is 0 Å². The second-order valence-corrected chi connectivity index (χ2v) is 13.0. The van der Waals surface area contributed by atoms with E-state index in [4.69, 9.17) is 17.3 Å². The van der Waals surface area contributed by atoms with E-state index in [1.807, 2.05) is 0 Å². The van der Waals surface area contributed by atoms with Crippen LogP contribution in [0.15, 0.2) is 0 Å². The molecule has 0 bridgehead atoms. The zero-order valence-corrected chi connectivity index (χ0v) is 20.5. The summed E-state index contributed by atoms with van der Waals surface area (Å²) in [7, 11) is -3.33. The Balaban J connectivity index is 1.46. The van der Waals surface area contributed by atoms with Gasteiger partial charge in [-0.1, -0.05) is 26.2 Å². The summed E-state index contributed by atoms with van der Waals surface area (Å²) < 4.78 is 29.5. The molecule has 4 rings (SSSR count). The van der Waals surface area contributed by atoms with Crippen LogP contribution in [-0.2, 0) is 10.0 Å². The summed E-state index contributed by atoms with van der Waals surface area (Å²) in [4.78, 5) is 2.42. The van der Waals surface area contributed by atoms with E-state index in [1.54, 1.807) is 0 Å². The van der Waals surface area contributed by atoms with Crippen molar-refractivity contribution in [3.05, 3.63) is 0 Å². The molecule has 2 aliphatic heterocycles. The lowest BCUT2D eigenvalue weighted by Gasteiger charge is -2.47. The summed E-state index contributed by atoms with van der Waals surface area (Å²) in [6.07, 6.45) is 9.32. The SMILES string of the molecule is CC1CCC(C2NCC(NS(=O)(=O)C3CCCCC3)C(N3CCC(CN)C3)N2)CC1Cl.